The SMILES string of the molecule is CCCCN(CCCC)c1ccc(-c2c(O)c(=[N+]3CCCCC3)c2=O)cc1. The van der Waals surface area contributed by atoms with Crippen molar-refractivity contribution in [1.82, 2.24) is 4.58 Å². The largest absolute Gasteiger partial charge is 0.502 e. The number of unbranched alkanes of at least 4 members (excludes halogenated alkanes) is 2. The van der Waals surface area contributed by atoms with Crippen LogP contribution in [0.1, 0.15) is 58.8 Å². The van der Waals surface area contributed by atoms with E-state index in [9.17, 15) is 9.90 Å². The van der Waals surface area contributed by atoms with Crippen molar-refractivity contribution in [3.8, 4) is 16.9 Å². The summed E-state index contributed by atoms with van der Waals surface area (Å²) >= 11 is 0. The average Bonchev–Trinajstić information content (AvgIpc) is 2.70. The predicted octanol–water partition coefficient (Wildman–Crippen LogP) is 3.66. The Hall–Kier alpha value is -2.10. The summed E-state index contributed by atoms with van der Waals surface area (Å²) in [5.74, 6) is 0.184. The molecule has 0 saturated carbocycles. The summed E-state index contributed by atoms with van der Waals surface area (Å²) in [6, 6.07) is 8.15. The Kier molecular flexibility index (Phi) is 6.70. The number of anilines is 1. The maximum Gasteiger partial charge on any atom is 0.291 e. The van der Waals surface area contributed by atoms with Crippen LogP contribution in [0.25, 0.3) is 11.1 Å². The zero-order chi connectivity index (χ0) is 19.2. The lowest BCUT2D eigenvalue weighted by Gasteiger charge is -2.25. The first-order valence-corrected chi connectivity index (χ1v) is 10.6. The third-order valence-electron chi connectivity index (χ3n) is 5.66. The molecule has 0 bridgehead atoms. The zero-order valence-electron chi connectivity index (χ0n) is 16.8. The smallest absolute Gasteiger partial charge is 0.291 e. The molecule has 0 unspecified atom stereocenters. The van der Waals surface area contributed by atoms with Gasteiger partial charge in [-0.05, 0) is 37.0 Å². The number of aromatic hydroxyl groups is 1. The quantitative estimate of drug-likeness (QED) is 0.722. The highest BCUT2D eigenvalue weighted by Crippen LogP contribution is 2.27. The summed E-state index contributed by atoms with van der Waals surface area (Å²) in [5.41, 5.74) is 2.51. The Morgan fingerprint density at radius 3 is 2.07 bits per heavy atom. The molecule has 4 heteroatoms. The molecule has 0 spiro atoms. The molecule has 146 valence electrons. The lowest BCUT2D eigenvalue weighted by Crippen LogP contribution is -2.47. The van der Waals surface area contributed by atoms with Crippen LogP contribution in [0.4, 0.5) is 5.69 Å². The Labute approximate surface area is 162 Å². The van der Waals surface area contributed by atoms with Crippen LogP contribution in [0.2, 0.25) is 0 Å². The number of hydrogen-bond acceptors (Lipinski definition) is 3. The summed E-state index contributed by atoms with van der Waals surface area (Å²) in [4.78, 5) is 15.1. The molecule has 1 aliphatic heterocycles. The first-order chi connectivity index (χ1) is 13.2. The first kappa shape index (κ1) is 19.7. The van der Waals surface area contributed by atoms with E-state index >= 15 is 0 Å². The van der Waals surface area contributed by atoms with E-state index in [2.05, 4.69) is 35.5 Å². The van der Waals surface area contributed by atoms with E-state index in [0.717, 1.165) is 44.6 Å². The van der Waals surface area contributed by atoms with Crippen LogP contribution in [0.5, 0.6) is 5.75 Å². The van der Waals surface area contributed by atoms with E-state index in [4.69, 9.17) is 0 Å². The van der Waals surface area contributed by atoms with Gasteiger partial charge in [-0.15, -0.1) is 0 Å². The average molecular weight is 370 g/mol. The van der Waals surface area contributed by atoms with Crippen molar-refractivity contribution in [3.63, 3.8) is 0 Å². The molecule has 2 aromatic carbocycles. The lowest BCUT2D eigenvalue weighted by atomic mass is 9.98. The Morgan fingerprint density at radius 1 is 0.963 bits per heavy atom. The van der Waals surface area contributed by atoms with Crippen LogP contribution in [-0.4, -0.2) is 31.3 Å². The van der Waals surface area contributed by atoms with E-state index in [1.165, 1.54) is 37.8 Å². The molecule has 0 aliphatic carbocycles. The maximum atomic E-state index is 12.7. The number of benzene rings is 1. The zero-order valence-corrected chi connectivity index (χ0v) is 16.8. The fourth-order valence-corrected chi connectivity index (χ4v) is 3.97. The third-order valence-corrected chi connectivity index (χ3v) is 5.66. The molecular weight excluding hydrogens is 336 g/mol. The normalized spacial score (nSPS) is 14.7. The van der Waals surface area contributed by atoms with E-state index in [1.807, 2.05) is 12.1 Å². The van der Waals surface area contributed by atoms with Gasteiger partial charge in [-0.2, -0.15) is 0 Å². The van der Waals surface area contributed by atoms with Gasteiger partial charge in [0.2, 0.25) is 5.75 Å². The Morgan fingerprint density at radius 2 is 1.56 bits per heavy atom. The highest BCUT2D eigenvalue weighted by atomic mass is 16.3. The van der Waals surface area contributed by atoms with E-state index in [0.29, 0.717) is 10.9 Å². The maximum absolute atomic E-state index is 12.7. The van der Waals surface area contributed by atoms with Crippen LogP contribution in [0, 0.1) is 0 Å². The molecule has 0 radical (unpaired) electrons. The second-order valence-corrected chi connectivity index (χ2v) is 7.69. The number of nitrogens with zero attached hydrogens (tertiary/aromatic N) is 2. The van der Waals surface area contributed by atoms with Crippen molar-refractivity contribution in [2.24, 2.45) is 0 Å². The summed E-state index contributed by atoms with van der Waals surface area (Å²) in [7, 11) is 0. The molecule has 1 aliphatic rings. The fraction of sp³-hybridized carbons (Fsp3) is 0.565. The number of piperidine rings is 1. The molecule has 1 saturated heterocycles. The minimum atomic E-state index is -0.00373. The van der Waals surface area contributed by atoms with E-state index < -0.39 is 0 Å². The molecule has 27 heavy (non-hydrogen) atoms. The van der Waals surface area contributed by atoms with E-state index in [1.54, 1.807) is 0 Å². The summed E-state index contributed by atoms with van der Waals surface area (Å²) in [6.45, 7) is 8.32. The number of rotatable bonds is 8. The van der Waals surface area contributed by atoms with Crippen LogP contribution < -0.4 is 20.3 Å². The molecule has 2 aromatic rings. The molecule has 0 atom stereocenters. The fourth-order valence-electron chi connectivity index (χ4n) is 3.97. The predicted molar refractivity (Wildman–Crippen MR) is 113 cm³/mol. The van der Waals surface area contributed by atoms with Crippen molar-refractivity contribution in [2.75, 3.05) is 31.1 Å². The van der Waals surface area contributed by atoms with Crippen LogP contribution in [0.3, 0.4) is 0 Å². The standard InChI is InChI=1S/C23H32N2O2/c1-3-5-14-24(15-6-4-2)19-12-10-18(11-13-19)20-22(26)21(23(20)27)25-16-8-7-9-17-25/h10-13H,3-9,14-17H2,1-2H3/p+1. The summed E-state index contributed by atoms with van der Waals surface area (Å²) in [6.07, 6.45) is 8.15. The number of hydrogen-bond donors (Lipinski definition) is 1. The highest BCUT2D eigenvalue weighted by molar-refractivity contribution is 5.74. The molecule has 0 amide bonds. The van der Waals surface area contributed by atoms with Crippen molar-refractivity contribution in [3.05, 3.63) is 39.8 Å². The van der Waals surface area contributed by atoms with Crippen molar-refractivity contribution < 1.29 is 5.11 Å². The van der Waals surface area contributed by atoms with Gasteiger partial charge in [0.15, 0.2) is 0 Å². The van der Waals surface area contributed by atoms with Gasteiger partial charge in [0.1, 0.15) is 13.1 Å². The van der Waals surface area contributed by atoms with Crippen LogP contribution in [-0.2, 0) is 0 Å². The molecular formula is C23H33N2O2+. The molecule has 1 N–H and O–H groups in total. The second-order valence-electron chi connectivity index (χ2n) is 7.69. The van der Waals surface area contributed by atoms with Crippen molar-refractivity contribution >= 4 is 5.69 Å². The van der Waals surface area contributed by atoms with Gasteiger partial charge < -0.3 is 10.0 Å². The second kappa shape index (κ2) is 9.20. The molecule has 0 aromatic heterocycles. The minimum Gasteiger partial charge on any atom is -0.502 e. The van der Waals surface area contributed by atoms with Gasteiger partial charge in [-0.3, -0.25) is 4.79 Å². The summed E-state index contributed by atoms with van der Waals surface area (Å²) < 4.78 is 2.05. The monoisotopic (exact) mass is 369 g/mol. The van der Waals surface area contributed by atoms with Gasteiger partial charge in [-0.25, -0.2) is 4.58 Å². The minimum absolute atomic E-state index is 0.00373. The van der Waals surface area contributed by atoms with Gasteiger partial charge in [0.25, 0.3) is 10.8 Å². The van der Waals surface area contributed by atoms with Crippen LogP contribution in [0.15, 0.2) is 29.1 Å². The highest BCUT2D eigenvalue weighted by Gasteiger charge is 2.28. The van der Waals surface area contributed by atoms with Gasteiger partial charge in [0.05, 0.1) is 5.56 Å². The topological polar surface area (TPSA) is 43.5 Å². The summed E-state index contributed by atoms with van der Waals surface area (Å²) in [5, 5.41) is 11.1. The lowest BCUT2D eigenvalue weighted by molar-refractivity contribution is 0.413. The van der Waals surface area contributed by atoms with E-state index in [-0.39, 0.29) is 11.2 Å². The Balaban J connectivity index is 1.82. The Bertz CT molecular complexity index is 813. The molecule has 1 heterocycles. The van der Waals surface area contributed by atoms with Crippen molar-refractivity contribution in [1.29, 1.82) is 0 Å². The molecule has 4 nitrogen and oxygen atoms in total. The van der Waals surface area contributed by atoms with Crippen LogP contribution >= 0.6 is 0 Å². The van der Waals surface area contributed by atoms with Gasteiger partial charge in [0, 0.05) is 31.6 Å². The molecule has 3 rings (SSSR count). The molecule has 1 fully saturated rings. The van der Waals surface area contributed by atoms with Gasteiger partial charge >= 0.3 is 0 Å². The third kappa shape index (κ3) is 4.26. The first-order valence-electron chi connectivity index (χ1n) is 10.6. The van der Waals surface area contributed by atoms with Crippen molar-refractivity contribution in [2.45, 2.75) is 58.8 Å². The van der Waals surface area contributed by atoms with Gasteiger partial charge in [-0.1, -0.05) is 38.8 Å².